The third-order valence-electron chi connectivity index (χ3n) is 2.78. The Morgan fingerprint density at radius 1 is 0.737 bits per heavy atom. The fourth-order valence-electron chi connectivity index (χ4n) is 1.64. The first-order chi connectivity index (χ1) is 9.20. The molecule has 0 unspecified atom stereocenters. The normalized spacial score (nSPS) is 10.2. The van der Waals surface area contributed by atoms with Gasteiger partial charge in [-0.1, -0.05) is 76.8 Å². The van der Waals surface area contributed by atoms with Gasteiger partial charge in [-0.3, -0.25) is 0 Å². The molecule has 0 aliphatic heterocycles. The van der Waals surface area contributed by atoms with E-state index in [0.29, 0.717) is 0 Å². The number of thioether (sulfide) groups is 1. The van der Waals surface area contributed by atoms with Crippen LogP contribution in [0.2, 0.25) is 0 Å². The van der Waals surface area contributed by atoms with Crippen molar-refractivity contribution >= 4 is 44.8 Å². The maximum atomic E-state index is 5.25. The lowest BCUT2D eigenvalue weighted by Crippen LogP contribution is -2.26. The van der Waals surface area contributed by atoms with Crippen LogP contribution in [0.1, 0.15) is 65.2 Å². The predicted octanol–water partition coefficient (Wildman–Crippen LogP) is 4.63. The van der Waals surface area contributed by atoms with Crippen LogP contribution in [-0.2, 0) is 0 Å². The number of unbranched alkanes of at least 4 members (excludes halogenated alkanes) is 6. The van der Waals surface area contributed by atoms with Gasteiger partial charge in [-0.15, -0.1) is 0 Å². The predicted molar refractivity (Wildman–Crippen MR) is 97.1 cm³/mol. The topological polar surface area (TPSA) is 24.1 Å². The minimum atomic E-state index is 0.794. The van der Waals surface area contributed by atoms with Gasteiger partial charge in [0.15, 0.2) is 0 Å². The summed E-state index contributed by atoms with van der Waals surface area (Å²) in [6, 6.07) is 0. The van der Waals surface area contributed by atoms with Crippen molar-refractivity contribution in [3.8, 4) is 0 Å². The van der Waals surface area contributed by atoms with E-state index in [2.05, 4.69) is 24.5 Å². The fourth-order valence-corrected chi connectivity index (χ4v) is 3.02. The third-order valence-corrected chi connectivity index (χ3v) is 4.23. The number of nitrogens with one attached hydrogen (secondary N) is 2. The summed E-state index contributed by atoms with van der Waals surface area (Å²) in [5, 5.41) is 6.50. The Bertz CT molecular complexity index is 221. The highest BCUT2D eigenvalue weighted by Crippen LogP contribution is 2.05. The van der Waals surface area contributed by atoms with Gasteiger partial charge in [-0.05, 0) is 24.6 Å². The van der Waals surface area contributed by atoms with E-state index in [1.807, 2.05) is 0 Å². The molecule has 0 amide bonds. The summed E-state index contributed by atoms with van der Waals surface area (Å²) in [5.74, 6) is 0. The summed E-state index contributed by atoms with van der Waals surface area (Å²) in [6.45, 7) is 6.37. The number of hydrogen-bond donors (Lipinski definition) is 2. The zero-order chi connectivity index (χ0) is 14.3. The Morgan fingerprint density at radius 3 is 1.53 bits per heavy atom. The van der Waals surface area contributed by atoms with Crippen LogP contribution >= 0.6 is 36.2 Å². The molecule has 112 valence electrons. The molecule has 0 heterocycles. The molecule has 19 heavy (non-hydrogen) atoms. The van der Waals surface area contributed by atoms with E-state index >= 15 is 0 Å². The second-order valence-corrected chi connectivity index (χ2v) is 7.01. The van der Waals surface area contributed by atoms with Crippen molar-refractivity contribution in [1.29, 1.82) is 0 Å². The maximum Gasteiger partial charge on any atom is 0.140 e. The molecule has 0 spiro atoms. The van der Waals surface area contributed by atoms with E-state index < -0.39 is 0 Å². The van der Waals surface area contributed by atoms with Crippen LogP contribution in [-0.4, -0.2) is 21.7 Å². The lowest BCUT2D eigenvalue weighted by atomic mass is 10.2. The highest BCUT2D eigenvalue weighted by Gasteiger charge is 2.02. The van der Waals surface area contributed by atoms with E-state index in [9.17, 15) is 0 Å². The zero-order valence-electron chi connectivity index (χ0n) is 12.3. The lowest BCUT2D eigenvalue weighted by molar-refractivity contribution is 0.656. The SMILES string of the molecule is CCCCCCNC(=S)SC(=S)NCCCCCC. The van der Waals surface area contributed by atoms with Crippen LogP contribution in [0.15, 0.2) is 0 Å². The van der Waals surface area contributed by atoms with E-state index in [0.717, 1.165) is 21.7 Å². The van der Waals surface area contributed by atoms with E-state index in [4.69, 9.17) is 24.4 Å². The average molecular weight is 321 g/mol. The van der Waals surface area contributed by atoms with Crippen LogP contribution in [0.4, 0.5) is 0 Å². The molecule has 0 aromatic heterocycles. The second-order valence-electron chi connectivity index (χ2n) is 4.65. The van der Waals surface area contributed by atoms with Gasteiger partial charge in [0, 0.05) is 13.1 Å². The largest absolute Gasteiger partial charge is 0.371 e. The molecule has 0 radical (unpaired) electrons. The molecule has 2 nitrogen and oxygen atoms in total. The number of hydrogen-bond acceptors (Lipinski definition) is 3. The summed E-state index contributed by atoms with van der Waals surface area (Å²) in [6.07, 6.45) is 10.1. The van der Waals surface area contributed by atoms with Crippen molar-refractivity contribution in [2.75, 3.05) is 13.1 Å². The summed E-state index contributed by atoms with van der Waals surface area (Å²) in [5.41, 5.74) is 0. The molecular weight excluding hydrogens is 292 g/mol. The second kappa shape index (κ2) is 14.5. The van der Waals surface area contributed by atoms with E-state index in [1.54, 1.807) is 0 Å². The van der Waals surface area contributed by atoms with Crippen LogP contribution in [0.25, 0.3) is 0 Å². The number of rotatable bonds is 10. The van der Waals surface area contributed by atoms with Crippen molar-refractivity contribution in [1.82, 2.24) is 10.6 Å². The van der Waals surface area contributed by atoms with Crippen molar-refractivity contribution in [2.24, 2.45) is 0 Å². The van der Waals surface area contributed by atoms with Gasteiger partial charge in [0.25, 0.3) is 0 Å². The Labute approximate surface area is 133 Å². The van der Waals surface area contributed by atoms with Gasteiger partial charge in [0.1, 0.15) is 8.64 Å². The van der Waals surface area contributed by atoms with Gasteiger partial charge in [0.2, 0.25) is 0 Å². The highest BCUT2D eigenvalue weighted by atomic mass is 32.2. The van der Waals surface area contributed by atoms with Gasteiger partial charge in [-0.2, -0.15) is 0 Å². The first kappa shape index (κ1) is 19.1. The van der Waals surface area contributed by atoms with E-state index in [-0.39, 0.29) is 0 Å². The van der Waals surface area contributed by atoms with Gasteiger partial charge < -0.3 is 10.6 Å². The maximum absolute atomic E-state index is 5.25. The minimum absolute atomic E-state index is 0.794. The summed E-state index contributed by atoms with van der Waals surface area (Å²) in [4.78, 5) is 0. The highest BCUT2D eigenvalue weighted by molar-refractivity contribution is 8.37. The zero-order valence-corrected chi connectivity index (χ0v) is 14.7. The van der Waals surface area contributed by atoms with Crippen LogP contribution < -0.4 is 10.6 Å². The van der Waals surface area contributed by atoms with Crippen LogP contribution in [0.3, 0.4) is 0 Å². The molecule has 0 fully saturated rings. The van der Waals surface area contributed by atoms with Gasteiger partial charge >= 0.3 is 0 Å². The van der Waals surface area contributed by atoms with Crippen molar-refractivity contribution in [2.45, 2.75) is 65.2 Å². The van der Waals surface area contributed by atoms with Gasteiger partial charge in [-0.25, -0.2) is 0 Å². The minimum Gasteiger partial charge on any atom is -0.371 e. The van der Waals surface area contributed by atoms with Crippen molar-refractivity contribution in [3.63, 3.8) is 0 Å². The molecule has 5 heteroatoms. The average Bonchev–Trinajstić information content (AvgIpc) is 2.38. The Hall–Kier alpha value is 0.130. The smallest absolute Gasteiger partial charge is 0.140 e. The Kier molecular flexibility index (Phi) is 14.6. The summed E-state index contributed by atoms with van der Waals surface area (Å²) >= 11 is 12.0. The molecule has 0 aromatic rings. The standard InChI is InChI=1S/C14H28N2S3/c1-3-5-7-9-11-15-13(17)19-14(18)16-12-10-8-6-4-2/h3-12H2,1-2H3,(H,15,17)(H,16,18). The summed E-state index contributed by atoms with van der Waals surface area (Å²) < 4.78 is 1.59. The third kappa shape index (κ3) is 14.4. The lowest BCUT2D eigenvalue weighted by Gasteiger charge is -2.09. The van der Waals surface area contributed by atoms with Crippen LogP contribution in [0.5, 0.6) is 0 Å². The first-order valence-corrected chi connectivity index (χ1v) is 9.07. The molecular formula is C14H28N2S3. The molecule has 0 aliphatic carbocycles. The Morgan fingerprint density at radius 2 is 1.16 bits per heavy atom. The number of thiocarbonyl (C=S) groups is 2. The molecule has 0 atom stereocenters. The molecule has 0 aliphatic rings. The molecule has 0 bridgehead atoms. The molecule has 2 N–H and O–H groups in total. The quantitative estimate of drug-likeness (QED) is 0.451. The van der Waals surface area contributed by atoms with Gasteiger partial charge in [0.05, 0.1) is 0 Å². The summed E-state index contributed by atoms with van der Waals surface area (Å²) in [7, 11) is 0. The van der Waals surface area contributed by atoms with Crippen molar-refractivity contribution in [3.05, 3.63) is 0 Å². The molecule has 0 rings (SSSR count). The molecule has 0 saturated heterocycles. The Balaban J connectivity index is 3.40. The van der Waals surface area contributed by atoms with E-state index in [1.165, 1.54) is 63.1 Å². The first-order valence-electron chi connectivity index (χ1n) is 7.44. The molecule has 0 aromatic carbocycles. The van der Waals surface area contributed by atoms with Crippen molar-refractivity contribution < 1.29 is 0 Å². The van der Waals surface area contributed by atoms with Crippen LogP contribution in [0, 0.1) is 0 Å². The molecule has 0 saturated carbocycles. The monoisotopic (exact) mass is 320 g/mol. The fraction of sp³-hybridized carbons (Fsp3) is 0.857.